The molecule has 1 aromatic carbocycles. The molecule has 2 N–H and O–H groups in total. The third-order valence-corrected chi connectivity index (χ3v) is 4.77. The Morgan fingerprint density at radius 3 is 2.25 bits per heavy atom. The van der Waals surface area contributed by atoms with Gasteiger partial charge in [-0.15, -0.1) is 0 Å². The second-order valence-electron chi connectivity index (χ2n) is 3.99. The molecule has 106 valence electrons. The van der Waals surface area contributed by atoms with E-state index in [9.17, 15) is 21.4 Å². The topological polar surface area (TPSA) is 145 Å². The summed E-state index contributed by atoms with van der Waals surface area (Å²) in [5.41, 5.74) is 8.20. The van der Waals surface area contributed by atoms with Crippen LogP contribution in [0.3, 0.4) is 0 Å². The van der Waals surface area contributed by atoms with E-state index in [1.807, 2.05) is 0 Å². The molecule has 0 heterocycles. The van der Waals surface area contributed by atoms with Gasteiger partial charge in [0, 0.05) is 11.6 Å². The van der Waals surface area contributed by atoms with Gasteiger partial charge in [0.2, 0.25) is 5.25 Å². The summed E-state index contributed by atoms with van der Waals surface area (Å²) in [6.45, 7) is 0. The third kappa shape index (κ3) is 2.42. The smallest absolute Gasteiger partial charge is 0.317 e. The van der Waals surface area contributed by atoms with E-state index in [1.165, 1.54) is 18.2 Å². The van der Waals surface area contributed by atoms with Gasteiger partial charge in [-0.2, -0.15) is 21.6 Å². The van der Waals surface area contributed by atoms with Crippen LogP contribution >= 0.6 is 0 Å². The van der Waals surface area contributed by atoms with Crippen LogP contribution in [0.4, 0.5) is 0 Å². The summed E-state index contributed by atoms with van der Waals surface area (Å²) in [5, 5.41) is -1.73. The fourth-order valence-electron chi connectivity index (χ4n) is 2.01. The van der Waals surface area contributed by atoms with Gasteiger partial charge >= 0.3 is 5.71 Å². The quantitative estimate of drug-likeness (QED) is 0.463. The van der Waals surface area contributed by atoms with Crippen LogP contribution in [0.5, 0.6) is 0 Å². The van der Waals surface area contributed by atoms with Crippen molar-refractivity contribution in [2.45, 2.75) is 10.1 Å². The van der Waals surface area contributed by atoms with Gasteiger partial charge in [0.1, 0.15) is 4.90 Å². The molecule has 0 bridgehead atoms. The second kappa shape index (κ2) is 4.62. The summed E-state index contributed by atoms with van der Waals surface area (Å²) in [5.74, 6) is 0. The molecule has 0 saturated heterocycles. The highest BCUT2D eigenvalue weighted by Crippen LogP contribution is 2.34. The first-order chi connectivity index (χ1) is 9.16. The lowest BCUT2D eigenvalue weighted by atomic mass is 9.95. The van der Waals surface area contributed by atoms with E-state index in [-0.39, 0.29) is 16.8 Å². The molecule has 2 rings (SSSR count). The van der Waals surface area contributed by atoms with E-state index in [2.05, 4.69) is 4.79 Å². The highest BCUT2D eigenvalue weighted by molar-refractivity contribution is 7.87. The van der Waals surface area contributed by atoms with Gasteiger partial charge in [0.25, 0.3) is 20.2 Å². The highest BCUT2D eigenvalue weighted by atomic mass is 32.2. The zero-order valence-electron chi connectivity index (χ0n) is 9.70. The molecular formula is C10H8N2O6S2. The summed E-state index contributed by atoms with van der Waals surface area (Å²) in [6.07, 6.45) is 2.21. The maximum Gasteiger partial charge on any atom is 0.317 e. The lowest BCUT2D eigenvalue weighted by Crippen LogP contribution is -2.25. The van der Waals surface area contributed by atoms with Crippen molar-refractivity contribution in [2.75, 3.05) is 0 Å². The summed E-state index contributed by atoms with van der Waals surface area (Å²) < 4.78 is 63.6. The van der Waals surface area contributed by atoms with Crippen molar-refractivity contribution < 1.29 is 30.7 Å². The molecule has 1 aliphatic rings. The number of hydrogen-bond donors (Lipinski definition) is 2. The zero-order valence-corrected chi connectivity index (χ0v) is 11.3. The minimum atomic E-state index is -4.68. The minimum Gasteiger partial charge on any atom is -0.361 e. The fourth-order valence-corrected chi connectivity index (χ4v) is 3.68. The van der Waals surface area contributed by atoms with Gasteiger partial charge in [-0.1, -0.05) is 12.1 Å². The largest absolute Gasteiger partial charge is 0.361 e. The Labute approximate surface area is 114 Å². The maximum atomic E-state index is 11.4. The van der Waals surface area contributed by atoms with Crippen molar-refractivity contribution in [2.24, 2.45) is 0 Å². The van der Waals surface area contributed by atoms with E-state index in [1.54, 1.807) is 0 Å². The fraction of sp³-hybridized carbons (Fsp3) is 0.100. The van der Waals surface area contributed by atoms with E-state index in [4.69, 9.17) is 10.1 Å². The predicted octanol–water partition coefficient (Wildman–Crippen LogP) is 0.560. The molecule has 1 aromatic rings. The van der Waals surface area contributed by atoms with Crippen molar-refractivity contribution in [1.29, 1.82) is 0 Å². The summed E-state index contributed by atoms with van der Waals surface area (Å²) in [6, 6.07) is 3.53. The second-order valence-corrected chi connectivity index (χ2v) is 6.88. The molecule has 10 heteroatoms. The van der Waals surface area contributed by atoms with Crippen LogP contribution in [0.25, 0.3) is 11.6 Å². The maximum absolute atomic E-state index is 11.4. The van der Waals surface area contributed by atoms with Crippen LogP contribution < -0.4 is 0 Å². The molecule has 0 saturated carbocycles. The third-order valence-electron chi connectivity index (χ3n) is 2.76. The summed E-state index contributed by atoms with van der Waals surface area (Å²) in [4.78, 5) is 2.26. The molecule has 20 heavy (non-hydrogen) atoms. The average molecular weight is 316 g/mol. The van der Waals surface area contributed by atoms with E-state index < -0.39 is 30.4 Å². The van der Waals surface area contributed by atoms with Crippen molar-refractivity contribution in [3.8, 4) is 0 Å². The van der Waals surface area contributed by atoms with Crippen LogP contribution in [0, 0.1) is 0 Å². The van der Waals surface area contributed by atoms with Crippen LogP contribution in [0.1, 0.15) is 16.4 Å². The Balaban J connectivity index is 2.88. The van der Waals surface area contributed by atoms with Crippen molar-refractivity contribution in [3.63, 3.8) is 0 Å². The number of fused-ring (bicyclic) bond motifs is 1. The number of benzene rings is 1. The van der Waals surface area contributed by atoms with Gasteiger partial charge in [0.05, 0.1) is 0 Å². The van der Waals surface area contributed by atoms with Gasteiger partial charge in [-0.3, -0.25) is 9.11 Å². The van der Waals surface area contributed by atoms with Crippen LogP contribution in [0.2, 0.25) is 0 Å². The van der Waals surface area contributed by atoms with Crippen molar-refractivity contribution in [1.82, 2.24) is 0 Å². The van der Waals surface area contributed by atoms with Crippen molar-refractivity contribution >= 4 is 32.0 Å². The number of rotatable bonds is 2. The van der Waals surface area contributed by atoms with Gasteiger partial charge < -0.3 is 5.53 Å². The summed E-state index contributed by atoms with van der Waals surface area (Å²) >= 11 is 0. The first-order valence-corrected chi connectivity index (χ1v) is 8.07. The van der Waals surface area contributed by atoms with Crippen LogP contribution in [-0.2, 0) is 20.2 Å². The molecule has 0 spiro atoms. The lowest BCUT2D eigenvalue weighted by molar-refractivity contribution is -0.00613. The molecule has 0 aliphatic heterocycles. The summed E-state index contributed by atoms with van der Waals surface area (Å²) in [7, 11) is -9.25. The SMILES string of the molecule is [N-]=[N+]=C1C=Cc2c(cccc2S(=O)(=O)O)C1S(=O)(=O)O. The Hall–Kier alpha value is -1.84. The standard InChI is InChI=1S/C10H8N2O6S2/c11-12-8-5-4-6-7(10(8)20(16,17)18)2-1-3-9(6)19(13,14)15/h1-5,10H,(H,13,14,15)(H,16,17,18). The first kappa shape index (κ1) is 14.6. The molecule has 1 atom stereocenters. The number of hydrogen-bond acceptors (Lipinski definition) is 4. The zero-order chi connectivity index (χ0) is 15.1. The molecule has 0 radical (unpaired) electrons. The van der Waals surface area contributed by atoms with E-state index >= 15 is 0 Å². The minimum absolute atomic E-state index is 0.0926. The molecular weight excluding hydrogens is 308 g/mol. The Morgan fingerprint density at radius 2 is 1.75 bits per heavy atom. The Bertz CT molecular complexity index is 863. The molecule has 8 nitrogen and oxygen atoms in total. The van der Waals surface area contributed by atoms with E-state index in [0.29, 0.717) is 0 Å². The van der Waals surface area contributed by atoms with Crippen LogP contribution in [-0.4, -0.2) is 36.4 Å². The lowest BCUT2D eigenvalue weighted by Gasteiger charge is -2.17. The molecule has 1 aliphatic carbocycles. The van der Waals surface area contributed by atoms with Crippen molar-refractivity contribution in [3.05, 3.63) is 40.9 Å². The highest BCUT2D eigenvalue weighted by Gasteiger charge is 2.40. The predicted molar refractivity (Wildman–Crippen MR) is 68.2 cm³/mol. The molecule has 0 fully saturated rings. The van der Waals surface area contributed by atoms with Gasteiger partial charge in [-0.25, -0.2) is 0 Å². The number of allylic oxidation sites excluding steroid dienone is 1. The van der Waals surface area contributed by atoms with Gasteiger partial charge in [0.15, 0.2) is 0 Å². The van der Waals surface area contributed by atoms with E-state index in [0.717, 1.165) is 12.1 Å². The molecule has 0 amide bonds. The van der Waals surface area contributed by atoms with Gasteiger partial charge in [-0.05, 0) is 17.7 Å². The normalized spacial score (nSPS) is 18.5. The van der Waals surface area contributed by atoms with Crippen LogP contribution in [0.15, 0.2) is 29.2 Å². The molecule has 1 unspecified atom stereocenters. The number of nitrogens with zero attached hydrogens (tertiary/aromatic N) is 2. The first-order valence-electron chi connectivity index (χ1n) is 5.13. The molecule has 0 aromatic heterocycles. The monoisotopic (exact) mass is 316 g/mol. The Kier molecular flexibility index (Phi) is 3.36. The Morgan fingerprint density at radius 1 is 1.10 bits per heavy atom. The average Bonchev–Trinajstić information content (AvgIpc) is 2.34.